The minimum absolute atomic E-state index is 0.00570. The molecule has 2 rings (SSSR count). The van der Waals surface area contributed by atoms with Crippen molar-refractivity contribution >= 4 is 16.0 Å². The first-order valence-corrected chi connectivity index (χ1v) is 8.56. The topological polar surface area (TPSA) is 92.5 Å². The third kappa shape index (κ3) is 3.26. The highest BCUT2D eigenvalue weighted by Gasteiger charge is 2.34. The van der Waals surface area contributed by atoms with Crippen molar-refractivity contribution in [2.75, 3.05) is 13.1 Å². The lowest BCUT2D eigenvalue weighted by atomic mass is 10.0. The average molecular weight is 315 g/mol. The maximum Gasteiger partial charge on any atom is 0.307 e. The molecule has 1 aliphatic heterocycles. The van der Waals surface area contributed by atoms with Crippen LogP contribution in [0.25, 0.3) is 0 Å². The first-order valence-electron chi connectivity index (χ1n) is 7.12. The molecule has 1 fully saturated rings. The van der Waals surface area contributed by atoms with Crippen LogP contribution in [0, 0.1) is 5.92 Å². The zero-order valence-electron chi connectivity index (χ0n) is 12.3. The zero-order valence-corrected chi connectivity index (χ0v) is 13.1. The van der Waals surface area contributed by atoms with E-state index in [1.54, 1.807) is 4.57 Å². The van der Waals surface area contributed by atoms with Gasteiger partial charge in [0, 0.05) is 25.3 Å². The molecule has 8 heteroatoms. The van der Waals surface area contributed by atoms with Gasteiger partial charge in [-0.05, 0) is 26.2 Å². The standard InChI is InChI=1S/C13H21N3O4S/c1-3-10(2)15-8-12(14-9-15)21(19,20)16-6-4-5-11(7-16)13(17)18/h8-11H,3-7H2,1-2H3,(H,17,18)/t10-,11-/m0/s1. The van der Waals surface area contributed by atoms with Crippen LogP contribution in [0.1, 0.15) is 39.2 Å². The number of hydrogen-bond acceptors (Lipinski definition) is 4. The minimum atomic E-state index is -3.71. The molecule has 21 heavy (non-hydrogen) atoms. The van der Waals surface area contributed by atoms with Crippen LogP contribution >= 0.6 is 0 Å². The molecule has 1 aromatic rings. The molecule has 0 amide bonds. The molecule has 1 saturated heterocycles. The summed E-state index contributed by atoms with van der Waals surface area (Å²) in [5, 5.41) is 9.05. The first kappa shape index (κ1) is 16.0. The van der Waals surface area contributed by atoms with E-state index < -0.39 is 21.9 Å². The van der Waals surface area contributed by atoms with Crippen LogP contribution in [-0.4, -0.2) is 46.4 Å². The van der Waals surface area contributed by atoms with Crippen molar-refractivity contribution in [2.24, 2.45) is 5.92 Å². The molecule has 0 unspecified atom stereocenters. The van der Waals surface area contributed by atoms with Gasteiger partial charge in [0.1, 0.15) is 0 Å². The Kier molecular flexibility index (Phi) is 4.67. The second-order valence-electron chi connectivity index (χ2n) is 5.46. The van der Waals surface area contributed by atoms with Gasteiger partial charge < -0.3 is 9.67 Å². The summed E-state index contributed by atoms with van der Waals surface area (Å²) in [6.07, 6.45) is 4.99. The van der Waals surface area contributed by atoms with Gasteiger partial charge in [0.2, 0.25) is 0 Å². The molecule has 1 N–H and O–H groups in total. The summed E-state index contributed by atoms with van der Waals surface area (Å²) in [5.41, 5.74) is 0. The molecular weight excluding hydrogens is 294 g/mol. The predicted octanol–water partition coefficient (Wildman–Crippen LogP) is 1.34. The number of carbonyl (C=O) groups is 1. The van der Waals surface area contributed by atoms with Crippen LogP contribution in [0.15, 0.2) is 17.6 Å². The molecule has 1 aromatic heterocycles. The summed E-state index contributed by atoms with van der Waals surface area (Å²) < 4.78 is 28.1. The maximum absolute atomic E-state index is 12.5. The Morgan fingerprint density at radius 2 is 2.29 bits per heavy atom. The fraction of sp³-hybridized carbons (Fsp3) is 0.692. The molecule has 118 valence electrons. The Hall–Kier alpha value is -1.41. The van der Waals surface area contributed by atoms with E-state index in [0.29, 0.717) is 19.4 Å². The van der Waals surface area contributed by atoms with E-state index in [4.69, 9.17) is 5.11 Å². The second kappa shape index (κ2) is 6.15. The van der Waals surface area contributed by atoms with Crippen molar-refractivity contribution in [2.45, 2.75) is 44.2 Å². The minimum Gasteiger partial charge on any atom is -0.481 e. The number of aromatic nitrogens is 2. The van der Waals surface area contributed by atoms with Crippen LogP contribution < -0.4 is 0 Å². The number of aliphatic carboxylic acids is 1. The Balaban J connectivity index is 2.21. The third-order valence-corrected chi connectivity index (χ3v) is 5.77. The highest BCUT2D eigenvalue weighted by molar-refractivity contribution is 7.89. The molecule has 2 heterocycles. The molecular formula is C13H21N3O4S. The van der Waals surface area contributed by atoms with Crippen LogP contribution in [0.4, 0.5) is 0 Å². The Morgan fingerprint density at radius 1 is 1.57 bits per heavy atom. The summed E-state index contributed by atoms with van der Waals surface area (Å²) in [6, 6.07) is 0.176. The van der Waals surface area contributed by atoms with Gasteiger partial charge in [-0.25, -0.2) is 13.4 Å². The summed E-state index contributed by atoms with van der Waals surface area (Å²) in [7, 11) is -3.71. The van der Waals surface area contributed by atoms with E-state index in [1.807, 2.05) is 13.8 Å². The van der Waals surface area contributed by atoms with E-state index in [2.05, 4.69) is 4.98 Å². The van der Waals surface area contributed by atoms with E-state index in [9.17, 15) is 13.2 Å². The Bertz CT molecular complexity index is 611. The number of hydrogen-bond donors (Lipinski definition) is 1. The predicted molar refractivity (Wildman–Crippen MR) is 76.3 cm³/mol. The van der Waals surface area contributed by atoms with Gasteiger partial charge in [-0.3, -0.25) is 4.79 Å². The van der Waals surface area contributed by atoms with Crippen molar-refractivity contribution in [3.8, 4) is 0 Å². The number of carboxylic acids is 1. The second-order valence-corrected chi connectivity index (χ2v) is 7.34. The van der Waals surface area contributed by atoms with Gasteiger partial charge in [-0.1, -0.05) is 6.92 Å². The summed E-state index contributed by atoms with van der Waals surface area (Å²) in [5.74, 6) is -1.58. The maximum atomic E-state index is 12.5. The Labute approximate surface area is 124 Å². The van der Waals surface area contributed by atoms with E-state index >= 15 is 0 Å². The van der Waals surface area contributed by atoms with Gasteiger partial charge in [0.15, 0.2) is 5.03 Å². The number of piperidine rings is 1. The molecule has 0 radical (unpaired) electrons. The SMILES string of the molecule is CC[C@H](C)n1cnc(S(=O)(=O)N2CCC[C@H](C(=O)O)C2)c1. The van der Waals surface area contributed by atoms with Crippen molar-refractivity contribution in [3.63, 3.8) is 0 Å². The fourth-order valence-electron chi connectivity index (χ4n) is 2.40. The summed E-state index contributed by atoms with van der Waals surface area (Å²) in [6.45, 7) is 4.37. The molecule has 7 nitrogen and oxygen atoms in total. The number of nitrogens with zero attached hydrogens (tertiary/aromatic N) is 3. The highest BCUT2D eigenvalue weighted by atomic mass is 32.2. The summed E-state index contributed by atoms with van der Waals surface area (Å²) in [4.78, 5) is 15.0. The number of sulfonamides is 1. The van der Waals surface area contributed by atoms with Crippen LogP contribution in [0.3, 0.4) is 0 Å². The molecule has 0 aliphatic carbocycles. The first-order chi connectivity index (χ1) is 9.86. The number of carboxylic acid groups (broad SMARTS) is 1. The molecule has 0 aromatic carbocycles. The normalized spacial score (nSPS) is 22.1. The average Bonchev–Trinajstić information content (AvgIpc) is 2.97. The fourth-order valence-corrected chi connectivity index (χ4v) is 3.84. The van der Waals surface area contributed by atoms with Crippen molar-refractivity contribution in [1.29, 1.82) is 0 Å². The molecule has 1 aliphatic rings. The van der Waals surface area contributed by atoms with Gasteiger partial charge >= 0.3 is 5.97 Å². The monoisotopic (exact) mass is 315 g/mol. The summed E-state index contributed by atoms with van der Waals surface area (Å²) >= 11 is 0. The van der Waals surface area contributed by atoms with E-state index in [0.717, 1.165) is 6.42 Å². The van der Waals surface area contributed by atoms with Crippen LogP contribution in [0.2, 0.25) is 0 Å². The van der Waals surface area contributed by atoms with Crippen molar-refractivity contribution < 1.29 is 18.3 Å². The molecule has 0 bridgehead atoms. The molecule has 0 spiro atoms. The van der Waals surface area contributed by atoms with Crippen LogP contribution in [0.5, 0.6) is 0 Å². The number of rotatable bonds is 5. The van der Waals surface area contributed by atoms with E-state index in [-0.39, 0.29) is 17.6 Å². The largest absolute Gasteiger partial charge is 0.481 e. The van der Waals surface area contributed by atoms with Gasteiger partial charge in [0.25, 0.3) is 10.0 Å². The molecule has 2 atom stereocenters. The van der Waals surface area contributed by atoms with E-state index in [1.165, 1.54) is 16.8 Å². The van der Waals surface area contributed by atoms with Gasteiger partial charge in [0.05, 0.1) is 12.2 Å². The zero-order chi connectivity index (χ0) is 15.6. The van der Waals surface area contributed by atoms with Crippen LogP contribution in [-0.2, 0) is 14.8 Å². The lowest BCUT2D eigenvalue weighted by molar-refractivity contribution is -0.142. The van der Waals surface area contributed by atoms with Crippen molar-refractivity contribution in [1.82, 2.24) is 13.9 Å². The lowest BCUT2D eigenvalue weighted by Crippen LogP contribution is -2.42. The molecule has 0 saturated carbocycles. The van der Waals surface area contributed by atoms with Crippen molar-refractivity contribution in [3.05, 3.63) is 12.5 Å². The van der Waals surface area contributed by atoms with Gasteiger partial charge in [-0.2, -0.15) is 4.31 Å². The number of imidazole rings is 1. The highest BCUT2D eigenvalue weighted by Crippen LogP contribution is 2.23. The third-order valence-electron chi connectivity index (χ3n) is 4.02. The lowest BCUT2D eigenvalue weighted by Gasteiger charge is -2.29. The Morgan fingerprint density at radius 3 is 2.90 bits per heavy atom. The van der Waals surface area contributed by atoms with Gasteiger partial charge in [-0.15, -0.1) is 0 Å². The quantitative estimate of drug-likeness (QED) is 0.885. The smallest absolute Gasteiger partial charge is 0.307 e.